The van der Waals surface area contributed by atoms with Crippen molar-refractivity contribution in [1.82, 2.24) is 0 Å². The van der Waals surface area contributed by atoms with Crippen molar-refractivity contribution >= 4 is 66.4 Å². The van der Waals surface area contributed by atoms with Crippen LogP contribution in [-0.4, -0.2) is 0 Å². The van der Waals surface area contributed by atoms with E-state index < -0.39 is 21.7 Å². The Labute approximate surface area is 753 Å². The van der Waals surface area contributed by atoms with Crippen LogP contribution in [-0.2, 0) is 27.1 Å². The predicted octanol–water partition coefficient (Wildman–Crippen LogP) is 31.9. The van der Waals surface area contributed by atoms with E-state index >= 15 is 0 Å². The minimum atomic E-state index is -0.615. The topological polar surface area (TPSA) is 6.48 Å². The van der Waals surface area contributed by atoms with Crippen LogP contribution in [0.5, 0.6) is 0 Å². The molecule has 0 saturated heterocycles. The predicted molar refractivity (Wildman–Crippen MR) is 536 cm³/mol. The fraction of sp³-hybridized carbons (Fsp3) is 0.0551. The van der Waals surface area contributed by atoms with Gasteiger partial charge in [-0.25, -0.2) is 0 Å². The molecule has 0 atom stereocenters. The third-order valence-electron chi connectivity index (χ3n) is 29.4. The number of anilines is 6. The van der Waals surface area contributed by atoms with Crippen LogP contribution < -0.4 is 9.80 Å². The molecule has 606 valence electrons. The molecule has 0 radical (unpaired) electrons. The minimum absolute atomic E-state index is 0.139. The van der Waals surface area contributed by atoms with Crippen LogP contribution in [0.15, 0.2) is 497 Å². The zero-order chi connectivity index (χ0) is 85.6. The van der Waals surface area contributed by atoms with Crippen molar-refractivity contribution < 1.29 is 0 Å². The first kappa shape index (κ1) is 75.5. The lowest BCUT2D eigenvalue weighted by Crippen LogP contribution is -2.44. The molecule has 0 heterocycles. The summed E-state index contributed by atoms with van der Waals surface area (Å²) in [7, 11) is 0. The van der Waals surface area contributed by atoms with Gasteiger partial charge >= 0.3 is 0 Å². The van der Waals surface area contributed by atoms with Crippen LogP contribution in [0.25, 0.3) is 76.8 Å². The Morgan fingerprint density at radius 2 is 0.442 bits per heavy atom. The van der Waals surface area contributed by atoms with E-state index in [1.165, 1.54) is 177 Å². The molecule has 2 nitrogen and oxygen atoms in total. The van der Waals surface area contributed by atoms with Gasteiger partial charge in [-0.2, -0.15) is 0 Å². The van der Waals surface area contributed by atoms with Gasteiger partial charge in [0.1, 0.15) is 0 Å². The first-order chi connectivity index (χ1) is 63.8. The van der Waals surface area contributed by atoms with Gasteiger partial charge < -0.3 is 9.80 Å². The number of nitrogens with zero attached hydrogens (tertiary/aromatic N) is 2. The molecule has 0 aliphatic heterocycles. The monoisotopic (exact) mass is 1640 g/mol. The molecule has 26 rings (SSSR count). The molecular weight excluding hydrogens is 1550 g/mol. The Bertz CT molecular complexity index is 7850. The molecule has 0 saturated carbocycles. The zero-order valence-corrected chi connectivity index (χ0v) is 71.7. The number of hydrogen-bond acceptors (Lipinski definition) is 2. The summed E-state index contributed by atoms with van der Waals surface area (Å²) < 4.78 is 0. The molecule has 2 spiro atoms. The van der Waals surface area contributed by atoms with E-state index in [1.54, 1.807) is 0 Å². The standard InChI is InChI=1S/C64H43N.C63H45N/c1-4-20-44(21-5-1)45-36-38-49(39-37-45)65(62-42-46-22-10-11-27-51(46)52-28-12-13-30-55(52)62)50-40-41-54-53-29-14-15-31-56(53)64(61(54)43-50)59-34-18-16-32-57(59)63(47-23-6-2-7-24-47,48-25-8-3-9-26-48)58-33-17-19-35-60(58)64;1-61(2)53-27-13-11-25-49(53)51-37-35-47(40-59(51)61)64(46-34-33-42-19-9-10-20-43(42)39-46)48-36-38-52-50-26-12-14-28-54(50)63(60(52)41-48)57-31-17-15-29-55(57)62(44-21-5-3-6-22-44,45-23-7-4-8-24-45)56-30-16-18-32-58(56)63/h1-43H;3-41H,1-2H3. The van der Waals surface area contributed by atoms with Gasteiger partial charge in [0, 0.05) is 39.2 Å². The van der Waals surface area contributed by atoms with Gasteiger partial charge in [0.25, 0.3) is 0 Å². The van der Waals surface area contributed by atoms with Crippen molar-refractivity contribution in [2.45, 2.75) is 40.9 Å². The van der Waals surface area contributed by atoms with Crippen molar-refractivity contribution in [2.75, 3.05) is 9.80 Å². The van der Waals surface area contributed by atoms with Crippen LogP contribution in [0.3, 0.4) is 0 Å². The summed E-state index contributed by atoms with van der Waals surface area (Å²) in [6, 6.07) is 186. The van der Waals surface area contributed by atoms with Crippen LogP contribution in [0.1, 0.15) is 114 Å². The van der Waals surface area contributed by atoms with Crippen LogP contribution >= 0.6 is 0 Å². The fourth-order valence-electron chi connectivity index (χ4n) is 24.1. The fourth-order valence-corrected chi connectivity index (χ4v) is 24.1. The first-order valence-corrected chi connectivity index (χ1v) is 45.3. The highest BCUT2D eigenvalue weighted by Crippen LogP contribution is 2.68. The Morgan fingerprint density at radius 3 is 0.891 bits per heavy atom. The second-order valence-corrected chi connectivity index (χ2v) is 35.9. The second-order valence-electron chi connectivity index (χ2n) is 35.9. The summed E-state index contributed by atoms with van der Waals surface area (Å²) in [4.78, 5) is 5.00. The summed E-state index contributed by atoms with van der Waals surface area (Å²) in [5.41, 5.74) is 38.0. The summed E-state index contributed by atoms with van der Waals surface area (Å²) in [5, 5.41) is 7.37. The maximum absolute atomic E-state index is 2.53. The Morgan fingerprint density at radius 1 is 0.155 bits per heavy atom. The summed E-state index contributed by atoms with van der Waals surface area (Å²) in [6.07, 6.45) is 0. The Hall–Kier alpha value is -16.0. The molecule has 129 heavy (non-hydrogen) atoms. The molecular formula is C127H88N2. The average Bonchev–Trinajstić information content (AvgIpc) is 1.64. The average molecular weight is 1640 g/mol. The maximum atomic E-state index is 2.53. The number of rotatable bonds is 11. The second kappa shape index (κ2) is 29.6. The molecule has 21 aromatic rings. The lowest BCUT2D eigenvalue weighted by atomic mass is 9.51. The minimum Gasteiger partial charge on any atom is -0.310 e. The number of benzene rings is 21. The van der Waals surface area contributed by atoms with E-state index in [0.29, 0.717) is 0 Å². The highest BCUT2D eigenvalue weighted by Gasteiger charge is 2.59. The molecule has 0 N–H and O–H groups in total. The maximum Gasteiger partial charge on any atom is 0.0720 e. The zero-order valence-electron chi connectivity index (χ0n) is 71.7. The SMILES string of the molecule is CC1(C)c2ccccc2-c2ccc(N(c3ccc4c(c3)C3(c5ccccc5-4)c4ccccc4C(c4ccccc4)(c4ccccc4)c4ccccc43)c3ccc4ccccc4c3)cc21.c1ccc(-c2ccc(N(c3ccc4c(c3)C3(c5ccccc5-4)c4ccccc4C(c4ccccc4)(c4ccccc4)c4ccccc43)c3cc4ccccc4c4ccccc34)cc2)cc1. The van der Waals surface area contributed by atoms with Crippen LogP contribution in [0.4, 0.5) is 34.1 Å². The Balaban J connectivity index is 0.000000140. The molecule has 5 aliphatic carbocycles. The molecule has 0 aromatic heterocycles. The van der Waals surface area contributed by atoms with E-state index in [0.717, 1.165) is 34.1 Å². The van der Waals surface area contributed by atoms with E-state index in [-0.39, 0.29) is 5.41 Å². The Kier molecular flexibility index (Phi) is 17.3. The van der Waals surface area contributed by atoms with Crippen molar-refractivity contribution in [2.24, 2.45) is 0 Å². The van der Waals surface area contributed by atoms with E-state index in [1.807, 2.05) is 0 Å². The normalized spacial score (nSPS) is 14.4. The van der Waals surface area contributed by atoms with Crippen LogP contribution in [0.2, 0.25) is 0 Å². The summed E-state index contributed by atoms with van der Waals surface area (Å²) in [5.74, 6) is 0. The van der Waals surface area contributed by atoms with Gasteiger partial charge in [-0.1, -0.05) is 445 Å². The largest absolute Gasteiger partial charge is 0.310 e. The highest BCUT2D eigenvalue weighted by molar-refractivity contribution is 6.15. The molecule has 5 aliphatic rings. The lowest BCUT2D eigenvalue weighted by Gasteiger charge is -2.50. The van der Waals surface area contributed by atoms with Gasteiger partial charge in [-0.05, 0) is 238 Å². The third-order valence-corrected chi connectivity index (χ3v) is 29.4. The van der Waals surface area contributed by atoms with Gasteiger partial charge in [-0.3, -0.25) is 0 Å². The number of hydrogen-bond donors (Lipinski definition) is 0. The smallest absolute Gasteiger partial charge is 0.0720 e. The van der Waals surface area contributed by atoms with Crippen molar-refractivity contribution in [3.05, 3.63) is 598 Å². The van der Waals surface area contributed by atoms with Crippen molar-refractivity contribution in [3.8, 4) is 44.5 Å². The molecule has 21 aromatic carbocycles. The lowest BCUT2D eigenvalue weighted by molar-refractivity contribution is 0.623. The van der Waals surface area contributed by atoms with Crippen molar-refractivity contribution in [1.29, 1.82) is 0 Å². The molecule has 0 amide bonds. The van der Waals surface area contributed by atoms with Gasteiger partial charge in [0.05, 0.1) is 27.3 Å². The van der Waals surface area contributed by atoms with Crippen molar-refractivity contribution in [3.63, 3.8) is 0 Å². The van der Waals surface area contributed by atoms with Gasteiger partial charge in [0.2, 0.25) is 0 Å². The molecule has 0 fully saturated rings. The van der Waals surface area contributed by atoms with Gasteiger partial charge in [-0.15, -0.1) is 0 Å². The van der Waals surface area contributed by atoms with E-state index in [2.05, 4.69) is 521 Å². The van der Waals surface area contributed by atoms with E-state index in [9.17, 15) is 0 Å². The summed E-state index contributed by atoms with van der Waals surface area (Å²) in [6.45, 7) is 4.75. The molecule has 0 unspecified atom stereocenters. The third kappa shape index (κ3) is 10.9. The quantitative estimate of drug-likeness (QED) is 0.119. The number of fused-ring (bicyclic) bond motifs is 25. The van der Waals surface area contributed by atoms with Crippen LogP contribution in [0, 0.1) is 0 Å². The molecule has 0 bridgehead atoms. The van der Waals surface area contributed by atoms with Gasteiger partial charge in [0.15, 0.2) is 0 Å². The first-order valence-electron chi connectivity index (χ1n) is 45.3. The highest BCUT2D eigenvalue weighted by atomic mass is 15.2. The summed E-state index contributed by atoms with van der Waals surface area (Å²) >= 11 is 0. The van der Waals surface area contributed by atoms with E-state index in [4.69, 9.17) is 0 Å². The molecule has 2 heteroatoms.